The molecule has 0 aliphatic heterocycles. The van der Waals surface area contributed by atoms with Gasteiger partial charge >= 0.3 is 0 Å². The zero-order valence-corrected chi connectivity index (χ0v) is 9.09. The van der Waals surface area contributed by atoms with Crippen LogP contribution in [-0.2, 0) is 4.79 Å². The molecule has 1 aliphatic rings. The van der Waals surface area contributed by atoms with E-state index in [9.17, 15) is 19.7 Å². The highest BCUT2D eigenvalue weighted by atomic mass is 16.6. The smallest absolute Gasteiger partial charge is 0.269 e. The number of nitro groups is 1. The summed E-state index contributed by atoms with van der Waals surface area (Å²) in [5, 5.41) is 10.4. The molecule has 2 rings (SSSR count). The number of benzene rings is 1. The minimum absolute atomic E-state index is 0.0200. The van der Waals surface area contributed by atoms with Crippen molar-refractivity contribution >= 4 is 17.3 Å². The van der Waals surface area contributed by atoms with Gasteiger partial charge in [-0.3, -0.25) is 19.7 Å². The summed E-state index contributed by atoms with van der Waals surface area (Å²) in [6, 6.07) is 5.32. The van der Waals surface area contributed by atoms with E-state index < -0.39 is 4.92 Å². The molecular weight excluding hydrogens is 222 g/mol. The fourth-order valence-corrected chi connectivity index (χ4v) is 1.58. The van der Waals surface area contributed by atoms with Gasteiger partial charge in [0.25, 0.3) is 5.69 Å². The van der Waals surface area contributed by atoms with E-state index in [2.05, 4.69) is 0 Å². The maximum atomic E-state index is 11.7. The Balaban J connectivity index is 2.03. The van der Waals surface area contributed by atoms with Gasteiger partial charge in [-0.05, 0) is 25.0 Å². The third-order valence-corrected chi connectivity index (χ3v) is 2.77. The van der Waals surface area contributed by atoms with E-state index in [0.29, 0.717) is 5.56 Å². The summed E-state index contributed by atoms with van der Waals surface area (Å²) in [6.07, 6.45) is 1.67. The molecule has 0 bridgehead atoms. The highest BCUT2D eigenvalue weighted by molar-refractivity contribution is 6.09. The van der Waals surface area contributed by atoms with Gasteiger partial charge in [-0.1, -0.05) is 0 Å². The lowest BCUT2D eigenvalue weighted by Gasteiger charge is -1.99. The van der Waals surface area contributed by atoms with Crippen LogP contribution in [0.3, 0.4) is 0 Å². The number of hydrogen-bond donors (Lipinski definition) is 0. The lowest BCUT2D eigenvalue weighted by molar-refractivity contribution is -0.384. The average molecular weight is 233 g/mol. The van der Waals surface area contributed by atoms with Crippen LogP contribution in [0.2, 0.25) is 0 Å². The number of hydrogen-bond acceptors (Lipinski definition) is 4. The van der Waals surface area contributed by atoms with Gasteiger partial charge in [-0.25, -0.2) is 0 Å². The van der Waals surface area contributed by atoms with Crippen LogP contribution in [0.1, 0.15) is 29.6 Å². The Morgan fingerprint density at radius 3 is 2.29 bits per heavy atom. The van der Waals surface area contributed by atoms with Crippen LogP contribution in [0.15, 0.2) is 24.3 Å². The maximum absolute atomic E-state index is 11.7. The van der Waals surface area contributed by atoms with Crippen molar-refractivity contribution in [1.82, 2.24) is 0 Å². The Hall–Kier alpha value is -2.04. The van der Waals surface area contributed by atoms with E-state index in [4.69, 9.17) is 0 Å². The Kier molecular flexibility index (Phi) is 2.99. The molecule has 88 valence electrons. The highest BCUT2D eigenvalue weighted by Gasteiger charge is 2.30. The van der Waals surface area contributed by atoms with E-state index in [0.717, 1.165) is 12.8 Å². The van der Waals surface area contributed by atoms with E-state index >= 15 is 0 Å². The molecule has 0 radical (unpaired) electrons. The van der Waals surface area contributed by atoms with Crippen LogP contribution in [-0.4, -0.2) is 16.5 Å². The summed E-state index contributed by atoms with van der Waals surface area (Å²) in [6.45, 7) is 0. The van der Waals surface area contributed by atoms with Crippen LogP contribution in [0.4, 0.5) is 5.69 Å². The van der Waals surface area contributed by atoms with Gasteiger partial charge < -0.3 is 0 Å². The molecule has 5 heteroatoms. The molecule has 5 nitrogen and oxygen atoms in total. The van der Waals surface area contributed by atoms with Gasteiger partial charge in [0.1, 0.15) is 5.78 Å². The molecule has 1 aromatic carbocycles. The molecule has 1 aromatic rings. The van der Waals surface area contributed by atoms with Crippen molar-refractivity contribution in [3.63, 3.8) is 0 Å². The summed E-state index contributed by atoms with van der Waals surface area (Å²) in [5.74, 6) is -0.220. The Labute approximate surface area is 97.6 Å². The third-order valence-electron chi connectivity index (χ3n) is 2.77. The largest absolute Gasteiger partial charge is 0.299 e. The number of carbonyl (C=O) groups excluding carboxylic acids is 2. The molecule has 0 spiro atoms. The van der Waals surface area contributed by atoms with E-state index in [-0.39, 0.29) is 29.6 Å². The van der Waals surface area contributed by atoms with Crippen molar-refractivity contribution in [2.24, 2.45) is 5.92 Å². The number of ketones is 2. The first-order valence-corrected chi connectivity index (χ1v) is 5.38. The van der Waals surface area contributed by atoms with Crippen molar-refractivity contribution in [2.45, 2.75) is 19.3 Å². The van der Waals surface area contributed by atoms with Gasteiger partial charge in [0, 0.05) is 23.6 Å². The van der Waals surface area contributed by atoms with E-state index in [1.807, 2.05) is 0 Å². The molecule has 1 fully saturated rings. The number of rotatable bonds is 5. The Morgan fingerprint density at radius 1 is 1.24 bits per heavy atom. The Morgan fingerprint density at radius 2 is 1.82 bits per heavy atom. The summed E-state index contributed by atoms with van der Waals surface area (Å²) in [7, 11) is 0. The summed E-state index contributed by atoms with van der Waals surface area (Å²) in [4.78, 5) is 33.0. The summed E-state index contributed by atoms with van der Waals surface area (Å²) in [5.41, 5.74) is 0.291. The SMILES string of the molecule is O=C(CC(=O)C1CC1)c1ccc([N+](=O)[O-])cc1. The van der Waals surface area contributed by atoms with E-state index in [1.165, 1.54) is 24.3 Å². The fourth-order valence-electron chi connectivity index (χ4n) is 1.58. The second-order valence-corrected chi connectivity index (χ2v) is 4.14. The van der Waals surface area contributed by atoms with Crippen molar-refractivity contribution in [1.29, 1.82) is 0 Å². The molecule has 0 amide bonds. The fraction of sp³-hybridized carbons (Fsp3) is 0.333. The third kappa shape index (κ3) is 2.75. The predicted octanol–water partition coefficient (Wildman–Crippen LogP) is 2.15. The molecule has 0 unspecified atom stereocenters. The van der Waals surface area contributed by atoms with Crippen molar-refractivity contribution in [2.75, 3.05) is 0 Å². The zero-order valence-electron chi connectivity index (χ0n) is 9.09. The van der Waals surface area contributed by atoms with Gasteiger partial charge in [-0.2, -0.15) is 0 Å². The van der Waals surface area contributed by atoms with Crippen LogP contribution in [0, 0.1) is 16.0 Å². The van der Waals surface area contributed by atoms with Gasteiger partial charge in [0.15, 0.2) is 5.78 Å². The molecule has 0 aromatic heterocycles. The van der Waals surface area contributed by atoms with Crippen LogP contribution < -0.4 is 0 Å². The number of non-ortho nitro benzene ring substituents is 1. The molecule has 0 saturated heterocycles. The molecule has 1 saturated carbocycles. The zero-order chi connectivity index (χ0) is 12.4. The number of Topliss-reactive ketones (excluding diaryl/α,β-unsaturated/α-hetero) is 2. The first kappa shape index (κ1) is 11.4. The maximum Gasteiger partial charge on any atom is 0.269 e. The number of nitrogens with zero attached hydrogens (tertiary/aromatic N) is 1. The molecule has 0 heterocycles. The lowest BCUT2D eigenvalue weighted by Crippen LogP contribution is -2.09. The summed E-state index contributed by atoms with van der Waals surface area (Å²) < 4.78 is 0. The molecule has 0 atom stereocenters. The second-order valence-electron chi connectivity index (χ2n) is 4.14. The van der Waals surface area contributed by atoms with E-state index in [1.54, 1.807) is 0 Å². The molecule has 1 aliphatic carbocycles. The first-order valence-electron chi connectivity index (χ1n) is 5.38. The normalized spacial score (nSPS) is 14.4. The van der Waals surface area contributed by atoms with Crippen LogP contribution in [0.5, 0.6) is 0 Å². The second kappa shape index (κ2) is 4.45. The van der Waals surface area contributed by atoms with Crippen molar-refractivity contribution in [3.8, 4) is 0 Å². The first-order chi connectivity index (χ1) is 8.08. The number of nitro benzene ring substituents is 1. The Bertz CT molecular complexity index is 474. The topological polar surface area (TPSA) is 77.3 Å². The molecular formula is C12H11NO4. The monoisotopic (exact) mass is 233 g/mol. The van der Waals surface area contributed by atoms with Crippen LogP contribution in [0.25, 0.3) is 0 Å². The van der Waals surface area contributed by atoms with Crippen molar-refractivity contribution in [3.05, 3.63) is 39.9 Å². The highest BCUT2D eigenvalue weighted by Crippen LogP contribution is 2.31. The van der Waals surface area contributed by atoms with Crippen LogP contribution >= 0.6 is 0 Å². The predicted molar refractivity (Wildman–Crippen MR) is 59.8 cm³/mol. The number of carbonyl (C=O) groups is 2. The summed E-state index contributed by atoms with van der Waals surface area (Å²) >= 11 is 0. The average Bonchev–Trinajstić information content (AvgIpc) is 3.12. The molecule has 0 N–H and O–H groups in total. The lowest BCUT2D eigenvalue weighted by atomic mass is 10.0. The standard InChI is InChI=1S/C12H11NO4/c14-11(8-1-2-8)7-12(15)9-3-5-10(6-4-9)13(16)17/h3-6,8H,1-2,7H2. The quantitative estimate of drug-likeness (QED) is 0.338. The van der Waals surface area contributed by atoms with Crippen molar-refractivity contribution < 1.29 is 14.5 Å². The minimum atomic E-state index is -0.524. The van der Waals surface area contributed by atoms with Gasteiger partial charge in [-0.15, -0.1) is 0 Å². The van der Waals surface area contributed by atoms with Gasteiger partial charge in [0.05, 0.1) is 11.3 Å². The van der Waals surface area contributed by atoms with Gasteiger partial charge in [0.2, 0.25) is 0 Å². The minimum Gasteiger partial charge on any atom is -0.299 e. The molecule has 17 heavy (non-hydrogen) atoms.